The molecule has 0 atom stereocenters. The van der Waals surface area contributed by atoms with Crippen molar-refractivity contribution >= 4 is 49.3 Å². The Kier molecular flexibility index (Phi) is 6.00. The molecule has 2 aromatic carbocycles. The number of fused-ring (bicyclic) bond motifs is 2. The minimum Gasteiger partial charge on any atom is -0.491 e. The van der Waals surface area contributed by atoms with Gasteiger partial charge in [-0.15, -0.1) is 0 Å². The lowest BCUT2D eigenvalue weighted by Gasteiger charge is -2.12. The summed E-state index contributed by atoms with van der Waals surface area (Å²) in [6.07, 6.45) is 3.37. The van der Waals surface area contributed by atoms with Crippen LogP contribution in [0, 0.1) is 5.41 Å². The third kappa shape index (κ3) is 5.21. The molecule has 5 rings (SSSR count). The second kappa shape index (κ2) is 8.90. The van der Waals surface area contributed by atoms with Crippen LogP contribution in [-0.4, -0.2) is 46.9 Å². The fraction of sp³-hybridized carbons (Fsp3) is 0.333. The molecule has 1 aliphatic rings. The van der Waals surface area contributed by atoms with E-state index in [0.29, 0.717) is 45.2 Å². The largest absolute Gasteiger partial charge is 0.491 e. The molecule has 188 valence electrons. The minimum absolute atomic E-state index is 0.214. The highest BCUT2D eigenvalue weighted by atomic mass is 35.5. The van der Waals surface area contributed by atoms with E-state index < -0.39 is 28.0 Å². The van der Waals surface area contributed by atoms with E-state index in [0.717, 1.165) is 29.3 Å². The van der Waals surface area contributed by atoms with Gasteiger partial charge in [-0.05, 0) is 25.0 Å². The number of H-pyrrole nitrogens is 1. The van der Waals surface area contributed by atoms with Crippen molar-refractivity contribution in [2.24, 2.45) is 5.41 Å². The molecule has 10 nitrogen and oxygen atoms in total. The van der Waals surface area contributed by atoms with Crippen molar-refractivity contribution < 1.29 is 17.9 Å². The summed E-state index contributed by atoms with van der Waals surface area (Å²) < 4.78 is 31.5. The van der Waals surface area contributed by atoms with E-state index in [-0.39, 0.29) is 11.8 Å². The predicted octanol–water partition coefficient (Wildman–Crippen LogP) is 2.77. The average Bonchev–Trinajstić information content (AvgIpc) is 3.41. The van der Waals surface area contributed by atoms with Crippen LogP contribution in [0.5, 0.6) is 5.75 Å². The number of aromatic amines is 1. The van der Waals surface area contributed by atoms with E-state index in [2.05, 4.69) is 22.0 Å². The third-order valence-electron chi connectivity index (χ3n) is 6.14. The molecule has 0 spiro atoms. The van der Waals surface area contributed by atoms with E-state index in [1.54, 1.807) is 30.3 Å². The summed E-state index contributed by atoms with van der Waals surface area (Å²) in [4.78, 5) is 32.9. The van der Waals surface area contributed by atoms with Gasteiger partial charge in [-0.3, -0.25) is 14.3 Å². The van der Waals surface area contributed by atoms with Crippen LogP contribution in [0.3, 0.4) is 0 Å². The molecule has 0 bridgehead atoms. The Morgan fingerprint density at radius 2 is 1.97 bits per heavy atom. The third-order valence-corrected chi connectivity index (χ3v) is 7.03. The summed E-state index contributed by atoms with van der Waals surface area (Å²) in [5.74, 6) is 0.302. The van der Waals surface area contributed by atoms with Crippen LogP contribution in [0.25, 0.3) is 21.8 Å². The molecular weight excluding hydrogens is 506 g/mol. The lowest BCUT2D eigenvalue weighted by Crippen LogP contribution is -2.36. The highest BCUT2D eigenvalue weighted by Crippen LogP contribution is 2.45. The van der Waals surface area contributed by atoms with Crippen LogP contribution < -0.4 is 15.0 Å². The molecule has 0 saturated heterocycles. The zero-order chi connectivity index (χ0) is 25.7. The fourth-order valence-corrected chi connectivity index (χ4v) is 4.64. The maximum Gasteiger partial charge on any atom is 0.275 e. The van der Waals surface area contributed by atoms with Gasteiger partial charge in [0.15, 0.2) is 0 Å². The second-order valence-corrected chi connectivity index (χ2v) is 11.7. The van der Waals surface area contributed by atoms with Gasteiger partial charge < -0.3 is 9.72 Å². The average molecular weight is 530 g/mol. The van der Waals surface area contributed by atoms with E-state index in [1.807, 2.05) is 10.8 Å². The molecule has 1 aliphatic carbocycles. The fourth-order valence-electron chi connectivity index (χ4n) is 3.95. The first kappa shape index (κ1) is 24.3. The van der Waals surface area contributed by atoms with Crippen molar-refractivity contribution in [2.45, 2.75) is 32.7 Å². The Morgan fingerprint density at radius 1 is 1.25 bits per heavy atom. The number of rotatable bonds is 8. The number of nitrogens with zero attached hydrogens (tertiary/aromatic N) is 3. The monoisotopic (exact) mass is 529 g/mol. The quantitative estimate of drug-likeness (QED) is 0.358. The van der Waals surface area contributed by atoms with Gasteiger partial charge >= 0.3 is 0 Å². The lowest BCUT2D eigenvalue weighted by atomic mass is 10.1. The number of amides is 1. The van der Waals surface area contributed by atoms with Gasteiger partial charge in [0.05, 0.1) is 46.4 Å². The number of imidazole rings is 1. The summed E-state index contributed by atoms with van der Waals surface area (Å²) >= 11 is 6.42. The Balaban J connectivity index is 1.47. The first-order valence-corrected chi connectivity index (χ1v) is 13.6. The molecule has 1 fully saturated rings. The molecule has 2 heterocycles. The van der Waals surface area contributed by atoms with Gasteiger partial charge in [0.2, 0.25) is 10.0 Å². The maximum absolute atomic E-state index is 12.9. The van der Waals surface area contributed by atoms with E-state index in [9.17, 15) is 18.0 Å². The zero-order valence-electron chi connectivity index (χ0n) is 19.7. The number of benzene rings is 2. The molecule has 36 heavy (non-hydrogen) atoms. The van der Waals surface area contributed by atoms with Gasteiger partial charge in [-0.2, -0.15) is 5.10 Å². The summed E-state index contributed by atoms with van der Waals surface area (Å²) in [5, 5.41) is 5.82. The zero-order valence-corrected chi connectivity index (χ0v) is 21.2. The number of sulfonamides is 1. The topological polar surface area (TPSA) is 136 Å². The molecule has 1 amide bonds. The first-order valence-electron chi connectivity index (χ1n) is 11.3. The van der Waals surface area contributed by atoms with Gasteiger partial charge in [0.25, 0.3) is 11.5 Å². The van der Waals surface area contributed by atoms with Gasteiger partial charge in [0, 0.05) is 16.9 Å². The molecule has 2 N–H and O–H groups in total. The first-order chi connectivity index (χ1) is 17.0. The van der Waals surface area contributed by atoms with Crippen LogP contribution in [0.4, 0.5) is 0 Å². The SMILES string of the molecule is CC1(COc2cc3[nH]c(Cc4nn(CC(=O)NS(C)(=O)=O)c(=O)c5ccccc45)nc3cc2Cl)CC1. The van der Waals surface area contributed by atoms with E-state index in [4.69, 9.17) is 16.3 Å². The number of hydrogen-bond acceptors (Lipinski definition) is 7. The van der Waals surface area contributed by atoms with E-state index >= 15 is 0 Å². The smallest absolute Gasteiger partial charge is 0.275 e. The van der Waals surface area contributed by atoms with E-state index in [1.165, 1.54) is 0 Å². The molecule has 4 aromatic rings. The molecule has 2 aromatic heterocycles. The van der Waals surface area contributed by atoms with Crippen LogP contribution in [-0.2, 0) is 27.8 Å². The van der Waals surface area contributed by atoms with Crippen molar-refractivity contribution in [2.75, 3.05) is 12.9 Å². The highest BCUT2D eigenvalue weighted by molar-refractivity contribution is 7.89. The molecule has 12 heteroatoms. The number of carbonyl (C=O) groups is 1. The summed E-state index contributed by atoms with van der Waals surface area (Å²) in [5.41, 5.74) is 1.62. The predicted molar refractivity (Wildman–Crippen MR) is 136 cm³/mol. The van der Waals surface area contributed by atoms with Crippen LogP contribution in [0.2, 0.25) is 5.02 Å². The Labute approximate surface area is 211 Å². The molecule has 0 aliphatic heterocycles. The number of nitrogens with one attached hydrogen (secondary N) is 2. The Hall–Kier alpha value is -3.44. The molecule has 0 unspecified atom stereocenters. The van der Waals surface area contributed by atoms with Crippen LogP contribution in [0.1, 0.15) is 31.3 Å². The Bertz CT molecular complexity index is 1670. The summed E-state index contributed by atoms with van der Waals surface area (Å²) in [7, 11) is -3.77. The van der Waals surface area contributed by atoms with Gasteiger partial charge in [-0.25, -0.2) is 18.1 Å². The van der Waals surface area contributed by atoms with Crippen LogP contribution in [0.15, 0.2) is 41.2 Å². The maximum atomic E-state index is 12.9. The number of halogens is 1. The lowest BCUT2D eigenvalue weighted by molar-refractivity contribution is -0.120. The van der Waals surface area contributed by atoms with Crippen molar-refractivity contribution in [1.29, 1.82) is 0 Å². The van der Waals surface area contributed by atoms with Crippen molar-refractivity contribution in [3.8, 4) is 5.75 Å². The summed E-state index contributed by atoms with van der Waals surface area (Å²) in [6.45, 7) is 2.23. The van der Waals surface area contributed by atoms with Gasteiger partial charge in [0.1, 0.15) is 18.1 Å². The molecular formula is C24H24ClN5O5S. The molecule has 1 saturated carbocycles. The number of ether oxygens (including phenoxy) is 1. The van der Waals surface area contributed by atoms with Crippen molar-refractivity contribution in [3.05, 3.63) is 63.3 Å². The minimum atomic E-state index is -3.77. The Morgan fingerprint density at radius 3 is 2.67 bits per heavy atom. The number of aromatic nitrogens is 4. The number of carbonyl (C=O) groups excluding carboxylic acids is 1. The molecule has 0 radical (unpaired) electrons. The van der Waals surface area contributed by atoms with Gasteiger partial charge in [-0.1, -0.05) is 36.7 Å². The standard InChI is InChI=1S/C24H24ClN5O5S/c1-24(7-8-24)13-35-20-10-19-18(9-16(20)25)26-21(27-19)11-17-14-5-3-4-6-15(14)23(32)30(28-17)12-22(31)29-36(2,33)34/h3-6,9-10H,7-8,11-13H2,1-2H3,(H,26,27)(H,29,31). The summed E-state index contributed by atoms with van der Waals surface area (Å²) in [6, 6.07) is 10.5. The van der Waals surface area contributed by atoms with Crippen molar-refractivity contribution in [3.63, 3.8) is 0 Å². The normalized spacial score (nSPS) is 14.8. The number of hydrogen-bond donors (Lipinski definition) is 2. The highest BCUT2D eigenvalue weighted by Gasteiger charge is 2.38. The van der Waals surface area contributed by atoms with Crippen molar-refractivity contribution in [1.82, 2.24) is 24.5 Å². The van der Waals surface area contributed by atoms with Crippen LogP contribution >= 0.6 is 11.6 Å². The second-order valence-electron chi connectivity index (χ2n) is 9.51.